The summed E-state index contributed by atoms with van der Waals surface area (Å²) in [4.78, 5) is 4.25. The van der Waals surface area contributed by atoms with Gasteiger partial charge in [-0.2, -0.15) is 0 Å². The molecule has 0 saturated heterocycles. The minimum atomic E-state index is 0.104. The fourth-order valence-corrected chi connectivity index (χ4v) is 2.28. The van der Waals surface area contributed by atoms with E-state index in [1.807, 2.05) is 19.1 Å². The molecule has 1 heterocycles. The van der Waals surface area contributed by atoms with Crippen molar-refractivity contribution in [1.29, 1.82) is 0 Å². The number of benzene rings is 1. The zero-order valence-corrected chi connectivity index (χ0v) is 11.5. The van der Waals surface area contributed by atoms with E-state index < -0.39 is 0 Å². The molecule has 0 amide bonds. The highest BCUT2D eigenvalue weighted by Gasteiger charge is 2.01. The van der Waals surface area contributed by atoms with Crippen molar-refractivity contribution >= 4 is 11.8 Å². The molecule has 2 N–H and O–H groups in total. The maximum Gasteiger partial charge on any atom is 0.208 e. The zero-order chi connectivity index (χ0) is 13.5. The lowest BCUT2D eigenvalue weighted by molar-refractivity contribution is 0.305. The Morgan fingerprint density at radius 1 is 1.42 bits per heavy atom. The van der Waals surface area contributed by atoms with Crippen LogP contribution < -0.4 is 0 Å². The van der Waals surface area contributed by atoms with Gasteiger partial charge in [0.15, 0.2) is 0 Å². The van der Waals surface area contributed by atoms with Gasteiger partial charge >= 0.3 is 0 Å². The normalized spacial score (nSPS) is 10.0. The number of aryl methyl sites for hydroxylation is 1. The SMILES string of the molecule is Cc1nc(SCc2cccc(C#CCCO)c2)n[nH]1. The minimum absolute atomic E-state index is 0.104. The monoisotopic (exact) mass is 273 g/mol. The number of aliphatic hydroxyl groups is 1. The first-order valence-corrected chi connectivity index (χ1v) is 6.97. The molecule has 0 atom stereocenters. The van der Waals surface area contributed by atoms with Crippen LogP contribution in [0.1, 0.15) is 23.4 Å². The lowest BCUT2D eigenvalue weighted by Crippen LogP contribution is -1.84. The largest absolute Gasteiger partial charge is 0.395 e. The highest BCUT2D eigenvalue weighted by molar-refractivity contribution is 7.98. The van der Waals surface area contributed by atoms with Crippen molar-refractivity contribution in [2.24, 2.45) is 0 Å². The zero-order valence-electron chi connectivity index (χ0n) is 10.7. The molecule has 1 aromatic carbocycles. The van der Waals surface area contributed by atoms with E-state index in [4.69, 9.17) is 5.11 Å². The summed E-state index contributed by atoms with van der Waals surface area (Å²) in [7, 11) is 0. The molecular weight excluding hydrogens is 258 g/mol. The van der Waals surface area contributed by atoms with Crippen LogP contribution >= 0.6 is 11.8 Å². The van der Waals surface area contributed by atoms with Gasteiger partial charge in [0.25, 0.3) is 0 Å². The second-order valence-corrected chi connectivity index (χ2v) is 4.91. The van der Waals surface area contributed by atoms with Crippen LogP contribution in [0.15, 0.2) is 29.4 Å². The van der Waals surface area contributed by atoms with Crippen molar-refractivity contribution in [3.8, 4) is 11.8 Å². The predicted molar refractivity (Wildman–Crippen MR) is 75.7 cm³/mol. The maximum absolute atomic E-state index is 8.69. The van der Waals surface area contributed by atoms with Gasteiger partial charge in [0, 0.05) is 17.7 Å². The summed E-state index contributed by atoms with van der Waals surface area (Å²) in [6, 6.07) is 8.07. The summed E-state index contributed by atoms with van der Waals surface area (Å²) in [6.07, 6.45) is 0.509. The highest BCUT2D eigenvalue weighted by Crippen LogP contribution is 2.19. The molecule has 5 heteroatoms. The fraction of sp³-hybridized carbons (Fsp3) is 0.286. The van der Waals surface area contributed by atoms with Crippen LogP contribution in [0, 0.1) is 18.8 Å². The first-order valence-electron chi connectivity index (χ1n) is 5.98. The van der Waals surface area contributed by atoms with E-state index in [2.05, 4.69) is 39.2 Å². The van der Waals surface area contributed by atoms with Gasteiger partial charge in [0.1, 0.15) is 5.82 Å². The number of rotatable bonds is 4. The molecule has 0 saturated carbocycles. The fourth-order valence-electron chi connectivity index (χ4n) is 1.49. The molecule has 0 aliphatic rings. The van der Waals surface area contributed by atoms with Gasteiger partial charge in [0.2, 0.25) is 5.16 Å². The van der Waals surface area contributed by atoms with Crippen LogP contribution in [0.4, 0.5) is 0 Å². The summed E-state index contributed by atoms with van der Waals surface area (Å²) in [6.45, 7) is 1.99. The van der Waals surface area contributed by atoms with Crippen LogP contribution in [-0.4, -0.2) is 26.9 Å². The van der Waals surface area contributed by atoms with Gasteiger partial charge in [-0.15, -0.1) is 5.10 Å². The first kappa shape index (κ1) is 13.7. The van der Waals surface area contributed by atoms with E-state index in [1.54, 1.807) is 11.8 Å². The average molecular weight is 273 g/mol. The third-order valence-corrected chi connectivity index (χ3v) is 3.26. The number of nitrogens with zero attached hydrogens (tertiary/aromatic N) is 2. The van der Waals surface area contributed by atoms with Crippen molar-refractivity contribution in [1.82, 2.24) is 15.2 Å². The predicted octanol–water partition coefficient (Wildman–Crippen LogP) is 2.14. The third kappa shape index (κ3) is 4.43. The lowest BCUT2D eigenvalue weighted by Gasteiger charge is -1.99. The number of hydrogen-bond donors (Lipinski definition) is 2. The first-order chi connectivity index (χ1) is 9.28. The molecule has 4 nitrogen and oxygen atoms in total. The molecule has 0 unspecified atom stereocenters. The minimum Gasteiger partial charge on any atom is -0.395 e. The Bertz CT molecular complexity index is 598. The van der Waals surface area contributed by atoms with Crippen LogP contribution in [0.25, 0.3) is 0 Å². The Morgan fingerprint density at radius 3 is 3.05 bits per heavy atom. The summed E-state index contributed by atoms with van der Waals surface area (Å²) in [5, 5.41) is 16.4. The van der Waals surface area contributed by atoms with Crippen molar-refractivity contribution in [2.45, 2.75) is 24.3 Å². The molecule has 0 aliphatic carbocycles. The molecule has 0 radical (unpaired) electrons. The van der Waals surface area contributed by atoms with Crippen molar-refractivity contribution in [3.05, 3.63) is 41.2 Å². The Hall–Kier alpha value is -1.77. The number of aromatic nitrogens is 3. The van der Waals surface area contributed by atoms with Gasteiger partial charge < -0.3 is 5.11 Å². The number of H-pyrrole nitrogens is 1. The van der Waals surface area contributed by atoms with Gasteiger partial charge in [-0.25, -0.2) is 4.98 Å². The van der Waals surface area contributed by atoms with Gasteiger partial charge in [-0.3, -0.25) is 5.10 Å². The number of hydrogen-bond acceptors (Lipinski definition) is 4. The number of aliphatic hydroxyl groups excluding tert-OH is 1. The molecule has 2 aromatic rings. The van der Waals surface area contributed by atoms with Crippen molar-refractivity contribution in [3.63, 3.8) is 0 Å². The van der Waals surface area contributed by atoms with E-state index in [0.29, 0.717) is 6.42 Å². The topological polar surface area (TPSA) is 61.8 Å². The maximum atomic E-state index is 8.69. The Morgan fingerprint density at radius 2 is 2.32 bits per heavy atom. The van der Waals surface area contributed by atoms with Gasteiger partial charge in [-0.05, 0) is 24.6 Å². The molecule has 1 aromatic heterocycles. The second-order valence-electron chi connectivity index (χ2n) is 3.97. The van der Waals surface area contributed by atoms with E-state index in [9.17, 15) is 0 Å². The van der Waals surface area contributed by atoms with Crippen molar-refractivity contribution < 1.29 is 5.11 Å². The molecule has 19 heavy (non-hydrogen) atoms. The van der Waals surface area contributed by atoms with Crippen LogP contribution in [0.3, 0.4) is 0 Å². The third-order valence-electron chi connectivity index (χ3n) is 2.34. The molecule has 2 rings (SSSR count). The smallest absolute Gasteiger partial charge is 0.208 e. The number of thioether (sulfide) groups is 1. The lowest BCUT2D eigenvalue weighted by atomic mass is 10.1. The second kappa shape index (κ2) is 6.98. The molecule has 0 aliphatic heterocycles. The Labute approximate surface area is 116 Å². The van der Waals surface area contributed by atoms with Crippen LogP contribution in [0.2, 0.25) is 0 Å². The van der Waals surface area contributed by atoms with E-state index in [0.717, 1.165) is 22.3 Å². The van der Waals surface area contributed by atoms with E-state index in [-0.39, 0.29) is 6.61 Å². The molecule has 0 bridgehead atoms. The van der Waals surface area contributed by atoms with Gasteiger partial charge in [-0.1, -0.05) is 35.7 Å². The molecular formula is C14H15N3OS. The highest BCUT2D eigenvalue weighted by atomic mass is 32.2. The van der Waals surface area contributed by atoms with Gasteiger partial charge in [0.05, 0.1) is 6.61 Å². The summed E-state index contributed by atoms with van der Waals surface area (Å²) in [5.74, 6) is 7.59. The summed E-state index contributed by atoms with van der Waals surface area (Å²) < 4.78 is 0. The molecule has 0 spiro atoms. The quantitative estimate of drug-likeness (QED) is 0.662. The molecule has 98 valence electrons. The molecule has 0 fully saturated rings. The standard InChI is InChI=1S/C14H15N3OS/c1-11-15-14(17-16-11)19-10-13-7-4-6-12(9-13)5-2-3-8-18/h4,6-7,9,18H,3,8,10H2,1H3,(H,15,16,17). The number of aromatic amines is 1. The van der Waals surface area contributed by atoms with Crippen LogP contribution in [0.5, 0.6) is 0 Å². The Balaban J connectivity index is 1.97. The number of nitrogens with one attached hydrogen (secondary N) is 1. The van der Waals surface area contributed by atoms with E-state index >= 15 is 0 Å². The Kier molecular flexibility index (Phi) is 5.01. The average Bonchev–Trinajstić information content (AvgIpc) is 2.83. The summed E-state index contributed by atoms with van der Waals surface area (Å²) in [5.41, 5.74) is 2.15. The summed E-state index contributed by atoms with van der Waals surface area (Å²) >= 11 is 1.59. The van der Waals surface area contributed by atoms with E-state index in [1.165, 1.54) is 5.56 Å². The van der Waals surface area contributed by atoms with Crippen LogP contribution in [-0.2, 0) is 5.75 Å². The van der Waals surface area contributed by atoms with Crippen molar-refractivity contribution in [2.75, 3.05) is 6.61 Å².